The average molecular weight is 561 g/mol. The van der Waals surface area contributed by atoms with E-state index in [1.807, 2.05) is 24.3 Å². The summed E-state index contributed by atoms with van der Waals surface area (Å²) in [6, 6.07) is 13.9. The molecule has 0 bridgehead atoms. The minimum absolute atomic E-state index is 0.0443. The molecule has 8 heteroatoms. The Bertz CT molecular complexity index is 1580. The molecule has 2 aliphatic carbocycles. The smallest absolute Gasteiger partial charge is 0.323 e. The van der Waals surface area contributed by atoms with E-state index in [4.69, 9.17) is 4.74 Å². The maximum Gasteiger partial charge on any atom is 0.323 e. The number of nitriles is 1. The quantitative estimate of drug-likeness (QED) is 0.479. The number of rotatable bonds is 5. The third kappa shape index (κ3) is 5.25. The highest BCUT2D eigenvalue weighted by Gasteiger charge is 2.43. The van der Waals surface area contributed by atoms with Crippen LogP contribution in [-0.4, -0.2) is 48.9 Å². The van der Waals surface area contributed by atoms with Crippen LogP contribution in [0, 0.1) is 17.2 Å². The van der Waals surface area contributed by atoms with Crippen molar-refractivity contribution < 1.29 is 22.7 Å². The summed E-state index contributed by atoms with van der Waals surface area (Å²) < 4.78 is 32.2. The predicted octanol–water partition coefficient (Wildman–Crippen LogP) is 4.97. The molecule has 1 fully saturated rings. The molecule has 0 N–H and O–H groups in total. The molecule has 1 heterocycles. The third-order valence-electron chi connectivity index (χ3n) is 8.37. The van der Waals surface area contributed by atoms with Gasteiger partial charge in [0.25, 0.3) is 0 Å². The van der Waals surface area contributed by atoms with Gasteiger partial charge < -0.3 is 4.74 Å². The van der Waals surface area contributed by atoms with Gasteiger partial charge in [0, 0.05) is 29.6 Å². The lowest BCUT2D eigenvalue weighted by molar-refractivity contribution is -0.151. The largest absolute Gasteiger partial charge is 0.459 e. The molecule has 7 nitrogen and oxygen atoms in total. The molecule has 0 amide bonds. The van der Waals surface area contributed by atoms with Gasteiger partial charge in [-0.3, -0.25) is 9.59 Å². The number of Topliss-reactive ketones (excluding diaryl/α,β-unsaturated/α-hetero) is 1. The Morgan fingerprint density at radius 3 is 2.42 bits per heavy atom. The van der Waals surface area contributed by atoms with E-state index in [0.717, 1.165) is 45.4 Å². The second-order valence-corrected chi connectivity index (χ2v) is 14.7. The highest BCUT2D eigenvalue weighted by atomic mass is 32.2. The zero-order chi connectivity index (χ0) is 29.0. The van der Waals surface area contributed by atoms with Gasteiger partial charge in [-0.1, -0.05) is 38.1 Å². The van der Waals surface area contributed by atoms with Crippen LogP contribution >= 0.6 is 0 Å². The first kappa shape index (κ1) is 28.3. The van der Waals surface area contributed by atoms with Crippen LogP contribution in [0.25, 0.3) is 5.57 Å². The molecular formula is C32H36N2O5S. The van der Waals surface area contributed by atoms with Gasteiger partial charge in [-0.25, -0.2) is 12.7 Å². The number of ketones is 1. The fraction of sp³-hybridized carbons (Fsp3) is 0.469. The molecule has 1 saturated heterocycles. The summed E-state index contributed by atoms with van der Waals surface area (Å²) in [7, 11) is -3.72. The molecule has 0 aromatic heterocycles. The maximum atomic E-state index is 13.7. The minimum atomic E-state index is -3.72. The number of sulfonamides is 1. The predicted molar refractivity (Wildman–Crippen MR) is 153 cm³/mol. The molecule has 2 aromatic rings. The number of carbonyl (C=O) groups is 2. The van der Waals surface area contributed by atoms with Crippen LogP contribution in [0.4, 0.5) is 0 Å². The first-order chi connectivity index (χ1) is 18.7. The lowest BCUT2D eigenvalue weighted by Crippen LogP contribution is -2.42. The van der Waals surface area contributed by atoms with Gasteiger partial charge in [-0.15, -0.1) is 0 Å². The molecule has 0 saturated carbocycles. The second kappa shape index (κ2) is 9.97. The number of esters is 1. The van der Waals surface area contributed by atoms with Crippen LogP contribution in [0.2, 0.25) is 0 Å². The molecule has 0 atom stereocenters. The summed E-state index contributed by atoms with van der Waals surface area (Å²) in [4.78, 5) is 25.8. The monoisotopic (exact) mass is 560 g/mol. The van der Waals surface area contributed by atoms with Crippen LogP contribution in [0.3, 0.4) is 0 Å². The minimum Gasteiger partial charge on any atom is -0.459 e. The van der Waals surface area contributed by atoms with E-state index in [2.05, 4.69) is 26.0 Å². The third-order valence-corrected chi connectivity index (χ3v) is 10.1. The molecule has 0 radical (unpaired) electrons. The molecule has 3 aliphatic rings. The van der Waals surface area contributed by atoms with Crippen LogP contribution in [0.15, 0.2) is 42.0 Å². The van der Waals surface area contributed by atoms with Gasteiger partial charge in [0.05, 0.1) is 11.6 Å². The normalized spacial score (nSPS) is 19.1. The van der Waals surface area contributed by atoms with Crippen molar-refractivity contribution in [1.29, 1.82) is 5.26 Å². The van der Waals surface area contributed by atoms with Crippen molar-refractivity contribution in [2.75, 3.05) is 18.8 Å². The van der Waals surface area contributed by atoms with Crippen LogP contribution in [0.1, 0.15) is 85.6 Å². The summed E-state index contributed by atoms with van der Waals surface area (Å²) >= 11 is 0. The highest BCUT2D eigenvalue weighted by Crippen LogP contribution is 2.50. The summed E-state index contributed by atoms with van der Waals surface area (Å²) in [5.41, 5.74) is 6.30. The van der Waals surface area contributed by atoms with Crippen molar-refractivity contribution >= 4 is 27.3 Å². The van der Waals surface area contributed by atoms with E-state index in [-0.39, 0.29) is 11.2 Å². The van der Waals surface area contributed by atoms with Crippen molar-refractivity contribution in [1.82, 2.24) is 4.31 Å². The average Bonchev–Trinajstić information content (AvgIpc) is 3.26. The van der Waals surface area contributed by atoms with E-state index in [1.165, 1.54) is 4.31 Å². The summed E-state index contributed by atoms with van der Waals surface area (Å²) in [5, 5.41) is 9.33. The van der Waals surface area contributed by atoms with Crippen molar-refractivity contribution in [3.05, 3.63) is 75.4 Å². The fourth-order valence-corrected chi connectivity index (χ4v) is 7.66. The lowest BCUT2D eigenvalue weighted by atomic mass is 9.68. The zero-order valence-corrected chi connectivity index (χ0v) is 24.7. The molecule has 1 aliphatic heterocycles. The maximum absolute atomic E-state index is 13.7. The number of carbonyl (C=O) groups excluding carboxylic acids is 2. The highest BCUT2D eigenvalue weighted by molar-refractivity contribution is 7.89. The number of hydrogen-bond acceptors (Lipinski definition) is 6. The van der Waals surface area contributed by atoms with Crippen molar-refractivity contribution in [2.45, 2.75) is 71.3 Å². The Labute approximate surface area is 236 Å². The Balaban J connectivity index is 1.28. The van der Waals surface area contributed by atoms with Crippen molar-refractivity contribution in [3.8, 4) is 6.07 Å². The molecule has 0 unspecified atom stereocenters. The fourth-order valence-electron chi connectivity index (χ4n) is 6.35. The molecule has 5 rings (SSSR count). The lowest BCUT2D eigenvalue weighted by Gasteiger charge is -2.35. The Morgan fingerprint density at radius 2 is 1.77 bits per heavy atom. The van der Waals surface area contributed by atoms with Gasteiger partial charge in [-0.05, 0) is 92.3 Å². The standard InChI is InChI=1S/C32H36N2O5S/c1-31(2,3)39-28(35)19-40(37,38)34-12-10-20(11-13-34)14-21-6-9-25-26(16-21)32(4,5)27-17-23-15-22(18-33)7-8-24(23)29(27)30(25)36/h6-9,15-16,20H,10-14,17,19H2,1-5H3. The molecule has 40 heavy (non-hydrogen) atoms. The van der Waals surface area contributed by atoms with Crippen LogP contribution in [0.5, 0.6) is 0 Å². The Morgan fingerprint density at radius 1 is 1.10 bits per heavy atom. The number of hydrogen-bond donors (Lipinski definition) is 0. The van der Waals surface area contributed by atoms with Gasteiger partial charge in [-0.2, -0.15) is 5.26 Å². The van der Waals surface area contributed by atoms with Gasteiger partial charge in [0.15, 0.2) is 11.5 Å². The van der Waals surface area contributed by atoms with E-state index in [9.17, 15) is 23.3 Å². The van der Waals surface area contributed by atoms with Gasteiger partial charge >= 0.3 is 5.97 Å². The summed E-state index contributed by atoms with van der Waals surface area (Å²) in [6.45, 7) is 10.2. The van der Waals surface area contributed by atoms with E-state index < -0.39 is 27.3 Å². The second-order valence-electron chi connectivity index (χ2n) is 12.7. The number of piperidine rings is 1. The number of ether oxygens (including phenoxy) is 1. The first-order valence-corrected chi connectivity index (χ1v) is 15.5. The molecule has 2 aromatic carbocycles. The van der Waals surface area contributed by atoms with Crippen LogP contribution < -0.4 is 0 Å². The molecule has 210 valence electrons. The van der Waals surface area contributed by atoms with Gasteiger partial charge in [0.2, 0.25) is 10.0 Å². The number of allylic oxidation sites excluding steroid dienone is 2. The van der Waals surface area contributed by atoms with E-state index >= 15 is 0 Å². The summed E-state index contributed by atoms with van der Waals surface area (Å²) in [5.74, 6) is -1.01. The van der Waals surface area contributed by atoms with Gasteiger partial charge in [0.1, 0.15) is 5.60 Å². The number of benzene rings is 2. The summed E-state index contributed by atoms with van der Waals surface area (Å²) in [6.07, 6.45) is 2.88. The van der Waals surface area contributed by atoms with E-state index in [1.54, 1.807) is 26.8 Å². The number of fused-ring (bicyclic) bond motifs is 3. The molecular weight excluding hydrogens is 524 g/mol. The van der Waals surface area contributed by atoms with Crippen LogP contribution in [-0.2, 0) is 37.8 Å². The Hall–Kier alpha value is -3.28. The number of nitrogens with zero attached hydrogens (tertiary/aromatic N) is 2. The van der Waals surface area contributed by atoms with E-state index in [0.29, 0.717) is 43.8 Å². The Kier molecular flexibility index (Phi) is 7.04. The molecule has 0 spiro atoms. The SMILES string of the molecule is CC(C)(C)OC(=O)CS(=O)(=O)N1CCC(Cc2ccc3c(c2)C(C)(C)C2=C(C3=O)c3ccc(C#N)cc3C2)CC1. The topological polar surface area (TPSA) is 105 Å². The van der Waals surface area contributed by atoms with Crippen molar-refractivity contribution in [3.63, 3.8) is 0 Å². The first-order valence-electron chi connectivity index (χ1n) is 13.8. The zero-order valence-electron chi connectivity index (χ0n) is 23.8. The van der Waals surface area contributed by atoms with Crippen molar-refractivity contribution in [2.24, 2.45) is 5.92 Å².